The van der Waals surface area contributed by atoms with E-state index in [1.54, 1.807) is 23.1 Å². The standard InChI is InChI=1S/C9H13N5S3/c1-3-4-10-8-13-12-7(16-8)5-15-9-11-6(2)14-17-9/h3-5H2,1-2H3,(H,10,13). The summed E-state index contributed by atoms with van der Waals surface area (Å²) >= 11 is 4.69. The second-order valence-electron chi connectivity index (χ2n) is 3.32. The Kier molecular flexibility index (Phi) is 4.69. The molecule has 0 aliphatic heterocycles. The fourth-order valence-corrected chi connectivity index (χ4v) is 3.47. The summed E-state index contributed by atoms with van der Waals surface area (Å²) in [5.41, 5.74) is 0. The first-order valence-electron chi connectivity index (χ1n) is 5.27. The molecule has 2 aromatic heterocycles. The first-order valence-corrected chi connectivity index (χ1v) is 7.85. The van der Waals surface area contributed by atoms with Gasteiger partial charge >= 0.3 is 0 Å². The Labute approximate surface area is 112 Å². The van der Waals surface area contributed by atoms with Gasteiger partial charge in [-0.1, -0.05) is 30.0 Å². The lowest BCUT2D eigenvalue weighted by Crippen LogP contribution is -1.98. The van der Waals surface area contributed by atoms with Gasteiger partial charge in [-0.2, -0.15) is 4.37 Å². The molecule has 0 fully saturated rings. The van der Waals surface area contributed by atoms with E-state index in [1.807, 2.05) is 6.92 Å². The first kappa shape index (κ1) is 12.7. The molecular weight excluding hydrogens is 274 g/mol. The van der Waals surface area contributed by atoms with Crippen LogP contribution in [0.1, 0.15) is 24.2 Å². The lowest BCUT2D eigenvalue weighted by Gasteiger charge is -1.95. The summed E-state index contributed by atoms with van der Waals surface area (Å²) in [6, 6.07) is 0. The van der Waals surface area contributed by atoms with Crippen molar-refractivity contribution in [3.05, 3.63) is 10.8 Å². The molecule has 2 rings (SSSR count). The van der Waals surface area contributed by atoms with Crippen molar-refractivity contribution in [1.82, 2.24) is 19.6 Å². The monoisotopic (exact) mass is 287 g/mol. The number of hydrogen-bond acceptors (Lipinski definition) is 8. The number of nitrogens with one attached hydrogen (secondary N) is 1. The molecule has 0 radical (unpaired) electrons. The van der Waals surface area contributed by atoms with Crippen LogP contribution < -0.4 is 5.32 Å². The van der Waals surface area contributed by atoms with Crippen LogP contribution in [0.15, 0.2) is 4.34 Å². The molecule has 2 aromatic rings. The molecule has 0 unspecified atom stereocenters. The highest BCUT2D eigenvalue weighted by Gasteiger charge is 2.06. The van der Waals surface area contributed by atoms with E-state index in [0.29, 0.717) is 0 Å². The molecule has 2 heterocycles. The third kappa shape index (κ3) is 3.90. The molecule has 0 amide bonds. The summed E-state index contributed by atoms with van der Waals surface area (Å²) < 4.78 is 5.13. The van der Waals surface area contributed by atoms with Gasteiger partial charge in [0.1, 0.15) is 10.8 Å². The van der Waals surface area contributed by atoms with Gasteiger partial charge in [0.05, 0.1) is 5.75 Å². The van der Waals surface area contributed by atoms with E-state index in [-0.39, 0.29) is 0 Å². The van der Waals surface area contributed by atoms with Crippen molar-refractivity contribution in [2.75, 3.05) is 11.9 Å². The van der Waals surface area contributed by atoms with Crippen LogP contribution in [-0.4, -0.2) is 26.1 Å². The molecule has 0 aliphatic rings. The average molecular weight is 287 g/mol. The van der Waals surface area contributed by atoms with Crippen molar-refractivity contribution >= 4 is 39.8 Å². The molecule has 17 heavy (non-hydrogen) atoms. The van der Waals surface area contributed by atoms with Gasteiger partial charge < -0.3 is 5.32 Å². The van der Waals surface area contributed by atoms with Crippen LogP contribution in [0.25, 0.3) is 0 Å². The maximum Gasteiger partial charge on any atom is 0.205 e. The SMILES string of the molecule is CCCNc1nnc(CSc2nc(C)ns2)s1. The molecule has 0 saturated carbocycles. The largest absolute Gasteiger partial charge is 0.360 e. The topological polar surface area (TPSA) is 63.6 Å². The molecule has 0 bridgehead atoms. The number of anilines is 1. The summed E-state index contributed by atoms with van der Waals surface area (Å²) in [5, 5.41) is 13.4. The molecule has 0 spiro atoms. The van der Waals surface area contributed by atoms with Gasteiger partial charge in [-0.3, -0.25) is 0 Å². The van der Waals surface area contributed by atoms with Gasteiger partial charge in [0.2, 0.25) is 5.13 Å². The highest BCUT2D eigenvalue weighted by atomic mass is 32.2. The van der Waals surface area contributed by atoms with E-state index in [9.17, 15) is 0 Å². The van der Waals surface area contributed by atoms with Crippen molar-refractivity contribution in [3.8, 4) is 0 Å². The molecule has 1 N–H and O–H groups in total. The average Bonchev–Trinajstić information content (AvgIpc) is 2.93. The van der Waals surface area contributed by atoms with Crippen LogP contribution in [0.5, 0.6) is 0 Å². The highest BCUT2D eigenvalue weighted by molar-refractivity contribution is 8.00. The quantitative estimate of drug-likeness (QED) is 0.824. The Morgan fingerprint density at radius 1 is 1.35 bits per heavy atom. The third-order valence-corrected chi connectivity index (χ3v) is 4.82. The molecule has 5 nitrogen and oxygen atoms in total. The van der Waals surface area contributed by atoms with Gasteiger partial charge in [-0.05, 0) is 24.9 Å². The van der Waals surface area contributed by atoms with Crippen LogP contribution >= 0.6 is 34.6 Å². The van der Waals surface area contributed by atoms with Gasteiger partial charge in [0, 0.05) is 6.54 Å². The Bertz CT molecular complexity index is 467. The minimum Gasteiger partial charge on any atom is -0.360 e. The molecule has 92 valence electrons. The van der Waals surface area contributed by atoms with Crippen LogP contribution in [0.3, 0.4) is 0 Å². The van der Waals surface area contributed by atoms with Crippen LogP contribution in [0.4, 0.5) is 5.13 Å². The lowest BCUT2D eigenvalue weighted by molar-refractivity contribution is 0.958. The van der Waals surface area contributed by atoms with Gasteiger partial charge in [-0.25, -0.2) is 4.98 Å². The first-order chi connectivity index (χ1) is 8.28. The number of hydrogen-bond donors (Lipinski definition) is 1. The fraction of sp³-hybridized carbons (Fsp3) is 0.556. The van der Waals surface area contributed by atoms with E-state index in [4.69, 9.17) is 0 Å². The highest BCUT2D eigenvalue weighted by Crippen LogP contribution is 2.26. The molecule has 0 aromatic carbocycles. The molecule has 0 saturated heterocycles. The minimum atomic E-state index is 0.806. The Hall–Kier alpha value is -0.730. The van der Waals surface area contributed by atoms with Gasteiger partial charge in [0.15, 0.2) is 4.34 Å². The summed E-state index contributed by atoms with van der Waals surface area (Å²) in [6.07, 6.45) is 1.09. The summed E-state index contributed by atoms with van der Waals surface area (Å²) in [5.74, 6) is 1.64. The van der Waals surface area contributed by atoms with E-state index in [0.717, 1.165) is 39.0 Å². The normalized spacial score (nSPS) is 10.7. The smallest absolute Gasteiger partial charge is 0.205 e. The van der Waals surface area contributed by atoms with Crippen molar-refractivity contribution in [3.63, 3.8) is 0 Å². The predicted molar refractivity (Wildman–Crippen MR) is 72.9 cm³/mol. The lowest BCUT2D eigenvalue weighted by atomic mass is 10.5. The van der Waals surface area contributed by atoms with Crippen LogP contribution in [0, 0.1) is 6.92 Å². The van der Waals surface area contributed by atoms with E-state index < -0.39 is 0 Å². The molecule has 8 heteroatoms. The maximum absolute atomic E-state index is 4.29. The second kappa shape index (κ2) is 6.27. The summed E-state index contributed by atoms with van der Waals surface area (Å²) in [4.78, 5) is 4.29. The third-order valence-electron chi connectivity index (χ3n) is 1.82. The van der Waals surface area contributed by atoms with Crippen LogP contribution in [-0.2, 0) is 5.75 Å². The predicted octanol–water partition coefficient (Wildman–Crippen LogP) is 2.81. The van der Waals surface area contributed by atoms with E-state index in [1.165, 1.54) is 11.5 Å². The summed E-state index contributed by atoms with van der Waals surface area (Å²) in [6.45, 7) is 4.97. The van der Waals surface area contributed by atoms with Gasteiger partial charge in [-0.15, -0.1) is 10.2 Å². The zero-order valence-electron chi connectivity index (χ0n) is 9.63. The Balaban J connectivity index is 1.84. The summed E-state index contributed by atoms with van der Waals surface area (Å²) in [7, 11) is 0. The molecular formula is C9H13N5S3. The van der Waals surface area contributed by atoms with Crippen LogP contribution in [0.2, 0.25) is 0 Å². The second-order valence-corrected chi connectivity index (χ2v) is 6.36. The minimum absolute atomic E-state index is 0.806. The van der Waals surface area contributed by atoms with E-state index in [2.05, 4.69) is 31.8 Å². The zero-order valence-corrected chi connectivity index (χ0v) is 12.1. The molecule has 0 atom stereocenters. The molecule has 0 aliphatic carbocycles. The Morgan fingerprint density at radius 3 is 2.94 bits per heavy atom. The zero-order chi connectivity index (χ0) is 12.1. The Morgan fingerprint density at radius 2 is 2.24 bits per heavy atom. The van der Waals surface area contributed by atoms with Crippen molar-refractivity contribution < 1.29 is 0 Å². The number of aryl methyl sites for hydroxylation is 1. The number of rotatable bonds is 6. The van der Waals surface area contributed by atoms with Gasteiger partial charge in [0.25, 0.3) is 0 Å². The number of thioether (sulfide) groups is 1. The fourth-order valence-electron chi connectivity index (χ4n) is 1.08. The maximum atomic E-state index is 4.29. The van der Waals surface area contributed by atoms with E-state index >= 15 is 0 Å². The number of aromatic nitrogens is 4. The van der Waals surface area contributed by atoms with Crippen molar-refractivity contribution in [1.29, 1.82) is 0 Å². The number of nitrogens with zero attached hydrogens (tertiary/aromatic N) is 4. The van der Waals surface area contributed by atoms with Crippen molar-refractivity contribution in [2.45, 2.75) is 30.4 Å². The van der Waals surface area contributed by atoms with Crippen molar-refractivity contribution in [2.24, 2.45) is 0 Å².